The Hall–Kier alpha value is -1.27. The summed E-state index contributed by atoms with van der Waals surface area (Å²) in [6.07, 6.45) is 1.54. The Bertz CT molecular complexity index is 553. The van der Waals surface area contributed by atoms with Gasteiger partial charge in [-0.15, -0.1) is 11.3 Å². The molecule has 0 aliphatic carbocycles. The molecule has 2 heterocycles. The zero-order valence-electron chi connectivity index (χ0n) is 13.0. The van der Waals surface area contributed by atoms with Crippen LogP contribution in [-0.2, 0) is 5.41 Å². The van der Waals surface area contributed by atoms with Crippen molar-refractivity contribution < 1.29 is 0 Å². The van der Waals surface area contributed by atoms with Crippen molar-refractivity contribution in [1.82, 2.24) is 25.5 Å². The number of aromatic amines is 1. The first-order chi connectivity index (χ1) is 9.29. The van der Waals surface area contributed by atoms with Gasteiger partial charge < -0.3 is 5.32 Å². The molecule has 20 heavy (non-hydrogen) atoms. The summed E-state index contributed by atoms with van der Waals surface area (Å²) in [7, 11) is 0. The second kappa shape index (κ2) is 5.61. The van der Waals surface area contributed by atoms with E-state index in [1.807, 2.05) is 0 Å². The molecule has 2 atom stereocenters. The number of hydrogen-bond acceptors (Lipinski definition) is 5. The highest BCUT2D eigenvalue weighted by atomic mass is 32.1. The monoisotopic (exact) mass is 293 g/mol. The first-order valence-corrected chi connectivity index (χ1v) is 7.69. The minimum absolute atomic E-state index is 0.101. The van der Waals surface area contributed by atoms with Gasteiger partial charge in [-0.3, -0.25) is 5.10 Å². The maximum atomic E-state index is 4.72. The predicted molar refractivity (Wildman–Crippen MR) is 81.9 cm³/mol. The summed E-state index contributed by atoms with van der Waals surface area (Å²) in [5.74, 6) is 0.857. The van der Waals surface area contributed by atoms with Crippen LogP contribution in [0, 0.1) is 6.92 Å². The minimum Gasteiger partial charge on any atom is -0.300 e. The van der Waals surface area contributed by atoms with Gasteiger partial charge in [-0.05, 0) is 20.8 Å². The van der Waals surface area contributed by atoms with Gasteiger partial charge in [0.25, 0.3) is 0 Å². The van der Waals surface area contributed by atoms with Gasteiger partial charge in [0.05, 0.1) is 16.7 Å². The van der Waals surface area contributed by atoms with Crippen LogP contribution in [0.3, 0.4) is 0 Å². The van der Waals surface area contributed by atoms with E-state index in [0.29, 0.717) is 0 Å². The Kier molecular flexibility index (Phi) is 4.25. The molecule has 0 spiro atoms. The molecule has 0 aliphatic heterocycles. The molecule has 2 N–H and O–H groups in total. The second-order valence-electron chi connectivity index (χ2n) is 6.20. The lowest BCUT2D eigenvalue weighted by molar-refractivity contribution is 0.480. The second-order valence-corrected chi connectivity index (χ2v) is 7.23. The Balaban J connectivity index is 2.13. The number of aryl methyl sites for hydroxylation is 1. The summed E-state index contributed by atoms with van der Waals surface area (Å²) >= 11 is 1.79. The highest BCUT2D eigenvalue weighted by molar-refractivity contribution is 7.12. The molecule has 2 rings (SSSR count). The highest BCUT2D eigenvalue weighted by Crippen LogP contribution is 2.33. The van der Waals surface area contributed by atoms with Crippen LogP contribution in [0.25, 0.3) is 0 Å². The molecule has 2 aromatic rings. The predicted octanol–water partition coefficient (Wildman–Crippen LogP) is 3.28. The zero-order chi connectivity index (χ0) is 14.9. The van der Waals surface area contributed by atoms with E-state index in [2.05, 4.69) is 62.0 Å². The minimum atomic E-state index is 0.101. The summed E-state index contributed by atoms with van der Waals surface area (Å²) in [6.45, 7) is 12.9. The van der Waals surface area contributed by atoms with E-state index >= 15 is 0 Å². The van der Waals surface area contributed by atoms with Gasteiger partial charge in [-0.25, -0.2) is 9.97 Å². The molecule has 2 unspecified atom stereocenters. The molecule has 2 aromatic heterocycles. The number of nitrogens with zero attached hydrogens (tertiary/aromatic N) is 3. The maximum absolute atomic E-state index is 4.72. The van der Waals surface area contributed by atoms with Crippen molar-refractivity contribution in [3.63, 3.8) is 0 Å². The number of thiazole rings is 1. The van der Waals surface area contributed by atoms with Gasteiger partial charge in [0, 0.05) is 16.3 Å². The molecule has 5 nitrogen and oxygen atoms in total. The number of rotatable bonds is 4. The number of hydrogen-bond donors (Lipinski definition) is 2. The molecule has 0 bridgehead atoms. The van der Waals surface area contributed by atoms with Crippen molar-refractivity contribution in [3.05, 3.63) is 27.7 Å². The quantitative estimate of drug-likeness (QED) is 0.908. The lowest BCUT2D eigenvalue weighted by Crippen LogP contribution is -2.23. The fourth-order valence-corrected chi connectivity index (χ4v) is 3.22. The van der Waals surface area contributed by atoms with Gasteiger partial charge in [0.2, 0.25) is 0 Å². The lowest BCUT2D eigenvalue weighted by Gasteiger charge is -2.18. The Morgan fingerprint density at radius 1 is 1.25 bits per heavy atom. The number of H-pyrrole nitrogens is 1. The number of aromatic nitrogens is 4. The van der Waals surface area contributed by atoms with Crippen LogP contribution in [0.4, 0.5) is 0 Å². The van der Waals surface area contributed by atoms with E-state index < -0.39 is 0 Å². The normalized spacial score (nSPS) is 15.3. The largest absolute Gasteiger partial charge is 0.300 e. The van der Waals surface area contributed by atoms with Gasteiger partial charge in [0.1, 0.15) is 12.2 Å². The van der Waals surface area contributed by atoms with Gasteiger partial charge >= 0.3 is 0 Å². The summed E-state index contributed by atoms with van der Waals surface area (Å²) in [4.78, 5) is 10.2. The van der Waals surface area contributed by atoms with E-state index in [9.17, 15) is 0 Å². The molecule has 0 saturated heterocycles. The molecule has 0 amide bonds. The first-order valence-electron chi connectivity index (χ1n) is 6.88. The van der Waals surface area contributed by atoms with Crippen LogP contribution in [-0.4, -0.2) is 20.2 Å². The molecule has 110 valence electrons. The molecule has 0 aliphatic rings. The van der Waals surface area contributed by atoms with E-state index in [1.54, 1.807) is 11.3 Å². The Morgan fingerprint density at radius 3 is 2.45 bits per heavy atom. The maximum Gasteiger partial charge on any atom is 0.141 e. The van der Waals surface area contributed by atoms with Crippen molar-refractivity contribution in [2.45, 2.75) is 59.0 Å². The van der Waals surface area contributed by atoms with Gasteiger partial charge in [-0.2, -0.15) is 5.10 Å². The standard InChI is InChI=1S/C14H23N5S/c1-8(17-10(3)12-15-7-16-19-12)11-9(2)18-13(20-11)14(4,5)6/h7-8,10,17H,1-6H3,(H,15,16,19). The third kappa shape index (κ3) is 3.24. The summed E-state index contributed by atoms with van der Waals surface area (Å²) in [5, 5.41) is 11.5. The van der Waals surface area contributed by atoms with Crippen LogP contribution in [0.15, 0.2) is 6.33 Å². The molecule has 0 radical (unpaired) electrons. The van der Waals surface area contributed by atoms with Crippen molar-refractivity contribution in [2.75, 3.05) is 0 Å². The number of nitrogens with one attached hydrogen (secondary N) is 2. The average molecular weight is 293 g/mol. The topological polar surface area (TPSA) is 66.5 Å². The Morgan fingerprint density at radius 2 is 1.95 bits per heavy atom. The van der Waals surface area contributed by atoms with E-state index in [-0.39, 0.29) is 17.5 Å². The van der Waals surface area contributed by atoms with Crippen LogP contribution in [0.1, 0.15) is 68.1 Å². The first kappa shape index (κ1) is 15.1. The third-order valence-corrected chi connectivity index (χ3v) is 4.98. The molecular formula is C14H23N5S. The zero-order valence-corrected chi connectivity index (χ0v) is 13.8. The van der Waals surface area contributed by atoms with Crippen LogP contribution < -0.4 is 5.32 Å². The van der Waals surface area contributed by atoms with Crippen LogP contribution in [0.2, 0.25) is 0 Å². The molecular weight excluding hydrogens is 270 g/mol. The fourth-order valence-electron chi connectivity index (χ4n) is 2.08. The van der Waals surface area contributed by atoms with Gasteiger partial charge in [0.15, 0.2) is 0 Å². The van der Waals surface area contributed by atoms with E-state index in [1.165, 1.54) is 16.2 Å². The van der Waals surface area contributed by atoms with Crippen molar-refractivity contribution >= 4 is 11.3 Å². The van der Waals surface area contributed by atoms with Crippen molar-refractivity contribution in [1.29, 1.82) is 0 Å². The smallest absolute Gasteiger partial charge is 0.141 e. The average Bonchev–Trinajstić information content (AvgIpc) is 2.95. The van der Waals surface area contributed by atoms with Crippen molar-refractivity contribution in [2.24, 2.45) is 0 Å². The highest BCUT2D eigenvalue weighted by Gasteiger charge is 2.23. The third-order valence-electron chi connectivity index (χ3n) is 3.21. The fraction of sp³-hybridized carbons (Fsp3) is 0.643. The molecule has 0 saturated carbocycles. The van der Waals surface area contributed by atoms with Crippen LogP contribution >= 0.6 is 11.3 Å². The molecule has 0 fully saturated rings. The molecule has 6 heteroatoms. The summed E-state index contributed by atoms with van der Waals surface area (Å²) in [5.41, 5.74) is 1.22. The van der Waals surface area contributed by atoms with Crippen LogP contribution in [0.5, 0.6) is 0 Å². The van der Waals surface area contributed by atoms with Crippen molar-refractivity contribution in [3.8, 4) is 0 Å². The molecule has 0 aromatic carbocycles. The van der Waals surface area contributed by atoms with Gasteiger partial charge in [-0.1, -0.05) is 20.8 Å². The van der Waals surface area contributed by atoms with E-state index in [4.69, 9.17) is 4.98 Å². The lowest BCUT2D eigenvalue weighted by atomic mass is 9.98. The SMILES string of the molecule is Cc1nc(C(C)(C)C)sc1C(C)NC(C)c1ncn[nH]1. The van der Waals surface area contributed by atoms with E-state index in [0.717, 1.165) is 11.5 Å². The summed E-state index contributed by atoms with van der Waals surface area (Å²) in [6, 6.07) is 0.371. The Labute approximate surface area is 124 Å². The summed E-state index contributed by atoms with van der Waals surface area (Å²) < 4.78 is 0.